The van der Waals surface area contributed by atoms with Gasteiger partial charge in [0.25, 0.3) is 10.0 Å². The molecule has 0 bridgehead atoms. The van der Waals surface area contributed by atoms with Crippen LogP contribution in [0.4, 0.5) is 0 Å². The summed E-state index contributed by atoms with van der Waals surface area (Å²) in [5.41, 5.74) is 0.712. The van der Waals surface area contributed by atoms with Crippen LogP contribution in [0.5, 0.6) is 0 Å². The normalized spacial score (nSPS) is 12.2. The Hall–Kier alpha value is -1.37. The van der Waals surface area contributed by atoms with E-state index in [1.54, 1.807) is 36.4 Å². The Morgan fingerprint density at radius 3 is 2.08 bits per heavy atom. The van der Waals surface area contributed by atoms with Gasteiger partial charge in [-0.25, -0.2) is 0 Å². The molecular formula is C17H18BrClN2O2S. The number of amidine groups is 1. The van der Waals surface area contributed by atoms with Gasteiger partial charge in [-0.05, 0) is 62.4 Å². The highest BCUT2D eigenvalue weighted by Crippen LogP contribution is 2.19. The molecule has 0 aliphatic heterocycles. The van der Waals surface area contributed by atoms with E-state index in [1.807, 2.05) is 18.7 Å². The maximum absolute atomic E-state index is 12.7. The maximum Gasteiger partial charge on any atom is 0.284 e. The average Bonchev–Trinajstić information content (AvgIpc) is 2.56. The number of rotatable bonds is 5. The van der Waals surface area contributed by atoms with Gasteiger partial charge in [0.05, 0.1) is 4.90 Å². The molecule has 0 N–H and O–H groups in total. The van der Waals surface area contributed by atoms with E-state index in [2.05, 4.69) is 20.3 Å². The highest BCUT2D eigenvalue weighted by atomic mass is 79.9. The van der Waals surface area contributed by atoms with Crippen LogP contribution in [0.2, 0.25) is 5.02 Å². The Morgan fingerprint density at radius 1 is 1.04 bits per heavy atom. The molecule has 0 aliphatic rings. The van der Waals surface area contributed by atoms with Crippen LogP contribution in [0.15, 0.2) is 62.3 Å². The first-order valence-corrected chi connectivity index (χ1v) is 10.1. The molecule has 0 unspecified atom stereocenters. The minimum Gasteiger partial charge on any atom is -0.356 e. The third-order valence-electron chi connectivity index (χ3n) is 3.48. The van der Waals surface area contributed by atoms with Gasteiger partial charge >= 0.3 is 0 Å². The van der Waals surface area contributed by atoms with E-state index in [4.69, 9.17) is 11.6 Å². The van der Waals surface area contributed by atoms with Crippen LogP contribution in [-0.4, -0.2) is 32.2 Å². The van der Waals surface area contributed by atoms with Crippen LogP contribution in [0.25, 0.3) is 0 Å². The quantitative estimate of drug-likeness (QED) is 0.516. The Kier molecular flexibility index (Phi) is 6.43. The summed E-state index contributed by atoms with van der Waals surface area (Å²) in [5.74, 6) is 0.416. The van der Waals surface area contributed by atoms with Crippen molar-refractivity contribution in [2.24, 2.45) is 4.40 Å². The van der Waals surface area contributed by atoms with E-state index < -0.39 is 10.0 Å². The smallest absolute Gasteiger partial charge is 0.284 e. The predicted octanol–water partition coefficient (Wildman–Crippen LogP) is 4.58. The second kappa shape index (κ2) is 8.14. The molecule has 7 heteroatoms. The zero-order chi connectivity index (χ0) is 17.7. The third kappa shape index (κ3) is 4.59. The zero-order valence-corrected chi connectivity index (χ0v) is 16.6. The van der Waals surface area contributed by atoms with E-state index in [9.17, 15) is 8.42 Å². The Balaban J connectivity index is 2.54. The molecule has 2 rings (SSSR count). The molecule has 0 radical (unpaired) electrons. The summed E-state index contributed by atoms with van der Waals surface area (Å²) in [5, 5.41) is 0.591. The van der Waals surface area contributed by atoms with Crippen LogP contribution in [0.3, 0.4) is 0 Å². The summed E-state index contributed by atoms with van der Waals surface area (Å²) >= 11 is 9.23. The Morgan fingerprint density at radius 2 is 1.58 bits per heavy atom. The predicted molar refractivity (Wildman–Crippen MR) is 102 cm³/mol. The summed E-state index contributed by atoms with van der Waals surface area (Å²) in [4.78, 5) is 2.06. The van der Waals surface area contributed by atoms with Gasteiger partial charge in [-0.2, -0.15) is 8.42 Å². The van der Waals surface area contributed by atoms with Crippen molar-refractivity contribution in [3.05, 3.63) is 63.6 Å². The Bertz CT molecular complexity index is 815. The molecule has 24 heavy (non-hydrogen) atoms. The Labute approximate surface area is 156 Å². The van der Waals surface area contributed by atoms with E-state index in [0.717, 1.165) is 4.47 Å². The molecule has 128 valence electrons. The topological polar surface area (TPSA) is 49.7 Å². The largest absolute Gasteiger partial charge is 0.356 e. The van der Waals surface area contributed by atoms with Crippen molar-refractivity contribution in [3.8, 4) is 0 Å². The molecule has 0 aromatic heterocycles. The van der Waals surface area contributed by atoms with Gasteiger partial charge < -0.3 is 4.90 Å². The minimum atomic E-state index is -3.81. The first-order valence-electron chi connectivity index (χ1n) is 7.48. The van der Waals surface area contributed by atoms with E-state index >= 15 is 0 Å². The number of sulfonamides is 1. The van der Waals surface area contributed by atoms with Gasteiger partial charge in [-0.1, -0.05) is 27.5 Å². The number of nitrogens with zero attached hydrogens (tertiary/aromatic N) is 2. The lowest BCUT2D eigenvalue weighted by molar-refractivity contribution is 0.467. The molecule has 0 atom stereocenters. The van der Waals surface area contributed by atoms with Gasteiger partial charge in [0.15, 0.2) is 0 Å². The molecule has 2 aromatic carbocycles. The molecular weight excluding hydrogens is 412 g/mol. The van der Waals surface area contributed by atoms with Gasteiger partial charge in [0.1, 0.15) is 5.84 Å². The number of halogens is 2. The maximum atomic E-state index is 12.7. The van der Waals surface area contributed by atoms with Crippen molar-refractivity contribution in [1.82, 2.24) is 4.90 Å². The summed E-state index contributed by atoms with van der Waals surface area (Å²) in [6.07, 6.45) is 0. The molecule has 0 saturated heterocycles. The fourth-order valence-corrected chi connectivity index (χ4v) is 3.61. The van der Waals surface area contributed by atoms with Crippen molar-refractivity contribution in [2.75, 3.05) is 13.1 Å². The summed E-state index contributed by atoms with van der Waals surface area (Å²) in [6, 6.07) is 13.4. The molecule has 2 aromatic rings. The van der Waals surface area contributed by atoms with Crippen LogP contribution >= 0.6 is 27.5 Å². The average molecular weight is 430 g/mol. The SMILES string of the molecule is CCN(CC)/C(=N\S(=O)(=O)c1ccc(Br)cc1)c1ccc(Cl)cc1. The van der Waals surface area contributed by atoms with Crippen LogP contribution in [0, 0.1) is 0 Å². The molecule has 0 aliphatic carbocycles. The first-order chi connectivity index (χ1) is 11.4. The minimum absolute atomic E-state index is 0.157. The summed E-state index contributed by atoms with van der Waals surface area (Å²) in [7, 11) is -3.81. The van der Waals surface area contributed by atoms with Crippen LogP contribution < -0.4 is 0 Å². The van der Waals surface area contributed by atoms with Crippen LogP contribution in [0.1, 0.15) is 19.4 Å². The molecule has 0 saturated carbocycles. The van der Waals surface area contributed by atoms with Crippen molar-refractivity contribution in [1.29, 1.82) is 0 Å². The number of benzene rings is 2. The summed E-state index contributed by atoms with van der Waals surface area (Å²) in [6.45, 7) is 5.21. The lowest BCUT2D eigenvalue weighted by atomic mass is 10.2. The van der Waals surface area contributed by atoms with Gasteiger partial charge in [0.2, 0.25) is 0 Å². The standard InChI is InChI=1S/C17H18BrClN2O2S/c1-3-21(4-2)17(13-5-9-15(19)10-6-13)20-24(22,23)16-11-7-14(18)8-12-16/h5-12H,3-4H2,1-2H3/b20-17-. The monoisotopic (exact) mass is 428 g/mol. The van der Waals surface area contributed by atoms with Crippen LogP contribution in [-0.2, 0) is 10.0 Å². The zero-order valence-electron chi connectivity index (χ0n) is 13.4. The molecule has 0 amide bonds. The van der Waals surface area contributed by atoms with Gasteiger partial charge in [-0.3, -0.25) is 0 Å². The second-order valence-electron chi connectivity index (χ2n) is 5.02. The fourth-order valence-electron chi connectivity index (χ4n) is 2.19. The fraction of sp³-hybridized carbons (Fsp3) is 0.235. The van der Waals surface area contributed by atoms with E-state index in [1.165, 1.54) is 12.1 Å². The van der Waals surface area contributed by atoms with Crippen molar-refractivity contribution in [3.63, 3.8) is 0 Å². The van der Waals surface area contributed by atoms with Crippen molar-refractivity contribution < 1.29 is 8.42 Å². The van der Waals surface area contributed by atoms with E-state index in [0.29, 0.717) is 29.5 Å². The number of hydrogen-bond acceptors (Lipinski definition) is 2. The van der Waals surface area contributed by atoms with E-state index in [-0.39, 0.29) is 4.90 Å². The highest BCUT2D eigenvalue weighted by Gasteiger charge is 2.18. The molecule has 0 fully saturated rings. The lowest BCUT2D eigenvalue weighted by Gasteiger charge is -2.23. The van der Waals surface area contributed by atoms with Crippen molar-refractivity contribution >= 4 is 43.4 Å². The number of hydrogen-bond donors (Lipinski definition) is 0. The van der Waals surface area contributed by atoms with Gasteiger partial charge in [-0.15, -0.1) is 4.40 Å². The molecule has 4 nitrogen and oxygen atoms in total. The first kappa shape index (κ1) is 19.0. The summed E-state index contributed by atoms with van der Waals surface area (Å²) < 4.78 is 30.3. The molecule has 0 spiro atoms. The molecule has 0 heterocycles. The van der Waals surface area contributed by atoms with Crippen molar-refractivity contribution in [2.45, 2.75) is 18.7 Å². The second-order valence-corrected chi connectivity index (χ2v) is 7.98. The van der Waals surface area contributed by atoms with Gasteiger partial charge in [0, 0.05) is 28.1 Å². The third-order valence-corrected chi connectivity index (χ3v) is 5.55. The highest BCUT2D eigenvalue weighted by molar-refractivity contribution is 9.10. The lowest BCUT2D eigenvalue weighted by Crippen LogP contribution is -2.32.